The molecule has 0 aliphatic carbocycles. The van der Waals surface area contributed by atoms with Gasteiger partial charge in [-0.2, -0.15) is 0 Å². The molecule has 2 heteroatoms. The second-order valence-corrected chi connectivity index (χ2v) is 1.68. The summed E-state index contributed by atoms with van der Waals surface area (Å²) in [5.41, 5.74) is 0. The van der Waals surface area contributed by atoms with Crippen LogP contribution < -0.4 is 0 Å². The molecule has 0 fully saturated rings. The normalized spacial score (nSPS) is 6.14. The number of rotatable bonds is 2. The van der Waals surface area contributed by atoms with Gasteiger partial charge in [0.25, 0.3) is 0 Å². The Morgan fingerprint density at radius 1 is 1.86 bits per heavy atom. The van der Waals surface area contributed by atoms with Gasteiger partial charge >= 0.3 is 38.8 Å². The van der Waals surface area contributed by atoms with E-state index in [1.807, 2.05) is 26.9 Å². The van der Waals surface area contributed by atoms with Gasteiger partial charge in [-0.1, -0.05) is 0 Å². The van der Waals surface area contributed by atoms with Gasteiger partial charge in [-0.3, -0.25) is 0 Å². The molecule has 0 spiro atoms. The van der Waals surface area contributed by atoms with Crippen LogP contribution in [0.25, 0.3) is 0 Å². The molecule has 1 nitrogen and oxygen atoms in total. The first-order valence-electron chi connectivity index (χ1n) is 1.59. The number of hydrogen-bond donors (Lipinski definition) is 0. The average Bonchev–Trinajstić information content (AvgIpc) is 1.75. The van der Waals surface area contributed by atoms with Crippen molar-refractivity contribution in [1.29, 1.82) is 5.26 Å². The molecule has 45 valence electrons. The quantitative estimate of drug-likeness (QED) is 0.431. The molecule has 0 aliphatic heterocycles. The summed E-state index contributed by atoms with van der Waals surface area (Å²) in [5, 5.41) is 7.56. The van der Waals surface area contributed by atoms with Crippen molar-refractivity contribution >= 4 is 0 Å². The standard InChI is InChI=1S/C3H5.CHN.CH3.Cu/c1-3-2;1-2;;/h3H,1-2H2;1H;1H3;. The molecule has 7 heavy (non-hydrogen) atoms. The molecule has 0 unspecified atom stereocenters. The van der Waals surface area contributed by atoms with E-state index >= 15 is 0 Å². The average molecular weight is 147 g/mol. The fraction of sp³-hybridized carbons (Fsp3) is 0.400. The van der Waals surface area contributed by atoms with E-state index in [0.717, 1.165) is 5.32 Å². The molecule has 0 rings (SSSR count). The monoisotopic (exact) mass is 146 g/mol. The third kappa shape index (κ3) is 26.4. The van der Waals surface area contributed by atoms with Gasteiger partial charge in [0.15, 0.2) is 0 Å². The number of allylic oxidation sites excluding steroid dienone is 1. The Balaban J connectivity index is 0. The van der Waals surface area contributed by atoms with Gasteiger partial charge in [0.2, 0.25) is 0 Å². The zero-order valence-corrected chi connectivity index (χ0v) is 5.26. The van der Waals surface area contributed by atoms with E-state index in [1.165, 1.54) is 0 Å². The fourth-order valence-corrected chi connectivity index (χ4v) is 0.359. The second-order valence-electron chi connectivity index (χ2n) is 0.625. The van der Waals surface area contributed by atoms with Crippen LogP contribution in [0.4, 0.5) is 0 Å². The van der Waals surface area contributed by atoms with E-state index in [4.69, 9.17) is 5.26 Å². The SMILES string of the molecule is C#N.C=C[CH2][Cu][CH3]. The summed E-state index contributed by atoms with van der Waals surface area (Å²) in [7, 11) is 0. The van der Waals surface area contributed by atoms with Crippen LogP contribution in [0.2, 0.25) is 11.1 Å². The van der Waals surface area contributed by atoms with E-state index in [-0.39, 0.29) is 0 Å². The summed E-state index contributed by atoms with van der Waals surface area (Å²) in [6.45, 7) is 7.03. The van der Waals surface area contributed by atoms with E-state index < -0.39 is 0 Å². The maximum absolute atomic E-state index is 6.50. The molecular weight excluding hydrogens is 138 g/mol. The van der Waals surface area contributed by atoms with Crippen molar-refractivity contribution in [3.8, 4) is 6.57 Å². The van der Waals surface area contributed by atoms with Crippen LogP contribution in [0.1, 0.15) is 0 Å². The predicted octanol–water partition coefficient (Wildman–Crippen LogP) is 1.86. The van der Waals surface area contributed by atoms with E-state index in [2.05, 4.69) is 13.2 Å². The summed E-state index contributed by atoms with van der Waals surface area (Å²) in [5.74, 6) is 2.05. The minimum absolute atomic E-state index is 1.06. The molecule has 0 N–H and O–H groups in total. The van der Waals surface area contributed by atoms with Crippen LogP contribution in [0.15, 0.2) is 12.7 Å². The molecule has 0 aromatic carbocycles. The molecule has 0 amide bonds. The van der Waals surface area contributed by atoms with Crippen molar-refractivity contribution in [3.05, 3.63) is 12.7 Å². The molecule has 0 saturated carbocycles. The number of nitrogens with zero attached hydrogens (tertiary/aromatic N) is 1. The number of hydrogen-bond acceptors (Lipinski definition) is 1. The first-order chi connectivity index (χ1) is 3.41. The van der Waals surface area contributed by atoms with Crippen molar-refractivity contribution < 1.29 is 15.0 Å². The fourth-order valence-electron chi connectivity index (χ4n) is 0.0870. The predicted molar refractivity (Wildman–Crippen MR) is 27.5 cm³/mol. The summed E-state index contributed by atoms with van der Waals surface area (Å²) in [6.07, 6.45) is 1.89. The van der Waals surface area contributed by atoms with E-state index in [9.17, 15) is 0 Å². The van der Waals surface area contributed by atoms with E-state index in [1.54, 1.807) is 0 Å². The van der Waals surface area contributed by atoms with Gasteiger partial charge in [0, 0.05) is 6.57 Å². The van der Waals surface area contributed by atoms with Crippen molar-refractivity contribution in [2.45, 2.75) is 11.1 Å². The Morgan fingerprint density at radius 3 is 2.29 bits per heavy atom. The minimum atomic E-state index is 1.06. The third-order valence-corrected chi connectivity index (χ3v) is 0.866. The van der Waals surface area contributed by atoms with E-state index in [0.29, 0.717) is 0 Å². The number of nitriles is 1. The first-order valence-corrected chi connectivity index (χ1v) is 3.20. The van der Waals surface area contributed by atoms with Crippen LogP contribution in [-0.2, 0) is 15.0 Å². The molecule has 0 aromatic heterocycles. The van der Waals surface area contributed by atoms with Crippen molar-refractivity contribution in [1.82, 2.24) is 0 Å². The Hall–Kier alpha value is -0.251. The summed E-state index contributed by atoms with van der Waals surface area (Å²) in [4.78, 5) is 0. The topological polar surface area (TPSA) is 23.8 Å². The first kappa shape index (κ1) is 9.89. The van der Waals surface area contributed by atoms with Gasteiger partial charge in [0.05, 0.1) is 0 Å². The molecule has 0 aliphatic rings. The molecule has 0 heterocycles. The second kappa shape index (κ2) is 17.2. The van der Waals surface area contributed by atoms with Crippen LogP contribution in [-0.4, -0.2) is 0 Å². The Labute approximate surface area is 51.2 Å². The van der Waals surface area contributed by atoms with Gasteiger partial charge in [0.1, 0.15) is 0 Å². The van der Waals surface area contributed by atoms with Crippen LogP contribution in [0, 0.1) is 11.8 Å². The van der Waals surface area contributed by atoms with Crippen molar-refractivity contribution in [2.75, 3.05) is 0 Å². The zero-order valence-electron chi connectivity index (χ0n) is 4.32. The Kier molecular flexibility index (Phi) is 24.2. The zero-order chi connectivity index (χ0) is 6.12. The van der Waals surface area contributed by atoms with Crippen LogP contribution in [0.5, 0.6) is 0 Å². The van der Waals surface area contributed by atoms with Crippen LogP contribution >= 0.6 is 0 Å². The molecule has 0 aromatic rings. The van der Waals surface area contributed by atoms with Gasteiger partial charge in [-0.05, 0) is 0 Å². The Bertz CT molecular complexity index is 49.3. The molecular formula is C5H9CuN. The van der Waals surface area contributed by atoms with Crippen molar-refractivity contribution in [3.63, 3.8) is 0 Å². The molecule has 0 bridgehead atoms. The van der Waals surface area contributed by atoms with Crippen molar-refractivity contribution in [2.24, 2.45) is 0 Å². The molecule has 0 saturated heterocycles. The summed E-state index contributed by atoms with van der Waals surface area (Å²) >= 11 is 1.85. The van der Waals surface area contributed by atoms with Gasteiger partial charge in [-0.15, -0.1) is 0 Å². The Morgan fingerprint density at radius 2 is 2.29 bits per heavy atom. The van der Waals surface area contributed by atoms with Gasteiger partial charge in [-0.25, -0.2) is 5.26 Å². The summed E-state index contributed by atoms with van der Waals surface area (Å²) < 4.78 is 0. The van der Waals surface area contributed by atoms with Gasteiger partial charge < -0.3 is 0 Å². The third-order valence-electron chi connectivity index (χ3n) is 0.210. The molecule has 0 atom stereocenters. The molecule has 0 radical (unpaired) electrons. The maximum atomic E-state index is 6.50. The summed E-state index contributed by atoms with van der Waals surface area (Å²) in [6, 6.07) is 0. The van der Waals surface area contributed by atoms with Crippen LogP contribution in [0.3, 0.4) is 0 Å².